The van der Waals surface area contributed by atoms with E-state index >= 15 is 0 Å². The summed E-state index contributed by atoms with van der Waals surface area (Å²) in [4.78, 5) is 2.17. The van der Waals surface area contributed by atoms with Crippen LogP contribution < -0.4 is 0 Å². The van der Waals surface area contributed by atoms with E-state index in [0.717, 1.165) is 41.8 Å². The van der Waals surface area contributed by atoms with Crippen LogP contribution in [0.5, 0.6) is 0 Å². The molecule has 2 heterocycles. The highest BCUT2D eigenvalue weighted by Gasteiger charge is 2.36. The number of rotatable bonds is 3. The van der Waals surface area contributed by atoms with Crippen LogP contribution in [0.3, 0.4) is 0 Å². The van der Waals surface area contributed by atoms with Gasteiger partial charge >= 0.3 is 0 Å². The van der Waals surface area contributed by atoms with Gasteiger partial charge < -0.3 is 10.0 Å². The Balaban J connectivity index is 2.21. The van der Waals surface area contributed by atoms with Crippen LogP contribution in [-0.2, 0) is 19.9 Å². The number of hydrogen-bond donors (Lipinski definition) is 1. The summed E-state index contributed by atoms with van der Waals surface area (Å²) in [6.07, 6.45) is 2.41. The Morgan fingerprint density at radius 1 is 1.47 bits per heavy atom. The van der Waals surface area contributed by atoms with Crippen LogP contribution >= 0.6 is 15.9 Å². The van der Waals surface area contributed by atoms with Gasteiger partial charge in [-0.2, -0.15) is 5.10 Å². The fourth-order valence-corrected chi connectivity index (χ4v) is 3.28. The average Bonchev–Trinajstić information content (AvgIpc) is 2.73. The Hall–Kier alpha value is -0.390. The van der Waals surface area contributed by atoms with E-state index < -0.39 is 5.60 Å². The SMILES string of the molecule is CCc1nn(C)c(CC2(O)CCN(C)C2)c1Br. The third-order valence-corrected chi connectivity index (χ3v) is 4.44. The molecule has 4 nitrogen and oxygen atoms in total. The largest absolute Gasteiger partial charge is 0.388 e. The van der Waals surface area contributed by atoms with Crippen molar-refractivity contribution in [1.29, 1.82) is 0 Å². The van der Waals surface area contributed by atoms with Gasteiger partial charge in [-0.3, -0.25) is 4.68 Å². The fraction of sp³-hybridized carbons (Fsp3) is 0.750. The molecule has 0 amide bonds. The minimum atomic E-state index is -0.601. The van der Waals surface area contributed by atoms with Gasteiger partial charge in [-0.15, -0.1) is 0 Å². The van der Waals surface area contributed by atoms with Gasteiger partial charge in [0.05, 0.1) is 21.5 Å². The molecular formula is C12H20BrN3O. The molecule has 1 N–H and O–H groups in total. The second-order valence-corrected chi connectivity index (χ2v) is 5.87. The summed E-state index contributed by atoms with van der Waals surface area (Å²) in [7, 11) is 4.00. The normalized spacial score (nSPS) is 25.7. The van der Waals surface area contributed by atoms with Crippen molar-refractivity contribution in [2.45, 2.75) is 31.8 Å². The second-order valence-electron chi connectivity index (χ2n) is 5.07. The zero-order valence-electron chi connectivity index (χ0n) is 10.7. The fourth-order valence-electron chi connectivity index (χ4n) is 2.53. The van der Waals surface area contributed by atoms with Gasteiger partial charge in [-0.05, 0) is 35.8 Å². The molecular weight excluding hydrogens is 282 g/mol. The van der Waals surface area contributed by atoms with Gasteiger partial charge in [0.25, 0.3) is 0 Å². The molecule has 0 bridgehead atoms. The van der Waals surface area contributed by atoms with Crippen LogP contribution in [0.2, 0.25) is 0 Å². The lowest BCUT2D eigenvalue weighted by Crippen LogP contribution is -2.35. The van der Waals surface area contributed by atoms with Crippen molar-refractivity contribution in [3.63, 3.8) is 0 Å². The predicted octanol–water partition coefficient (Wildman–Crippen LogP) is 1.35. The number of likely N-dealkylation sites (N-methyl/N-ethyl adjacent to an activating group) is 1. The minimum absolute atomic E-state index is 0.601. The highest BCUT2D eigenvalue weighted by molar-refractivity contribution is 9.10. The predicted molar refractivity (Wildman–Crippen MR) is 71.1 cm³/mol. The average molecular weight is 302 g/mol. The smallest absolute Gasteiger partial charge is 0.0841 e. The zero-order chi connectivity index (χ0) is 12.6. The number of β-amino-alcohol motifs (C(OH)–C–C–N with tert-alkyl or cyclic N) is 1. The van der Waals surface area contributed by atoms with E-state index in [1.54, 1.807) is 0 Å². The van der Waals surface area contributed by atoms with E-state index in [-0.39, 0.29) is 0 Å². The molecule has 0 aliphatic carbocycles. The highest BCUT2D eigenvalue weighted by atomic mass is 79.9. The summed E-state index contributed by atoms with van der Waals surface area (Å²) >= 11 is 3.60. The summed E-state index contributed by atoms with van der Waals surface area (Å²) in [5.41, 5.74) is 1.56. The number of halogens is 1. The molecule has 0 saturated carbocycles. The summed E-state index contributed by atoms with van der Waals surface area (Å²) < 4.78 is 2.95. The number of hydrogen-bond acceptors (Lipinski definition) is 3. The zero-order valence-corrected chi connectivity index (χ0v) is 12.3. The Bertz CT molecular complexity index is 418. The quantitative estimate of drug-likeness (QED) is 0.916. The first-order valence-electron chi connectivity index (χ1n) is 6.06. The summed E-state index contributed by atoms with van der Waals surface area (Å²) in [5, 5.41) is 15.0. The molecule has 5 heteroatoms. The molecule has 2 rings (SSSR count). The Labute approximate surface area is 111 Å². The maximum atomic E-state index is 10.5. The topological polar surface area (TPSA) is 41.3 Å². The van der Waals surface area contributed by atoms with Crippen molar-refractivity contribution < 1.29 is 5.11 Å². The van der Waals surface area contributed by atoms with Gasteiger partial charge in [0.15, 0.2) is 0 Å². The molecule has 96 valence electrons. The number of likely N-dealkylation sites (tertiary alicyclic amines) is 1. The maximum absolute atomic E-state index is 10.5. The third-order valence-electron chi connectivity index (χ3n) is 3.52. The molecule has 1 aromatic rings. The lowest BCUT2D eigenvalue weighted by Gasteiger charge is -2.22. The summed E-state index contributed by atoms with van der Waals surface area (Å²) in [6, 6.07) is 0. The van der Waals surface area contributed by atoms with Crippen LogP contribution in [-0.4, -0.2) is 45.5 Å². The summed E-state index contributed by atoms with van der Waals surface area (Å²) in [6.45, 7) is 3.80. The first-order chi connectivity index (χ1) is 7.95. The highest BCUT2D eigenvalue weighted by Crippen LogP contribution is 2.29. The number of aryl methyl sites for hydroxylation is 2. The first kappa shape index (κ1) is 13.1. The molecule has 1 aromatic heterocycles. The molecule has 17 heavy (non-hydrogen) atoms. The monoisotopic (exact) mass is 301 g/mol. The first-order valence-corrected chi connectivity index (χ1v) is 6.85. The number of nitrogens with zero attached hydrogens (tertiary/aromatic N) is 3. The molecule has 1 atom stereocenters. The van der Waals surface area contributed by atoms with Gasteiger partial charge in [0, 0.05) is 26.6 Å². The molecule has 1 aliphatic rings. The molecule has 1 unspecified atom stereocenters. The lowest BCUT2D eigenvalue weighted by molar-refractivity contribution is 0.0503. The Morgan fingerprint density at radius 3 is 2.65 bits per heavy atom. The van der Waals surface area contributed by atoms with Gasteiger partial charge in [0.1, 0.15) is 0 Å². The van der Waals surface area contributed by atoms with Crippen molar-refractivity contribution in [2.75, 3.05) is 20.1 Å². The Kier molecular flexibility index (Phi) is 3.61. The summed E-state index contributed by atoms with van der Waals surface area (Å²) in [5.74, 6) is 0. The molecule has 1 aliphatic heterocycles. The van der Waals surface area contributed by atoms with Gasteiger partial charge in [-0.25, -0.2) is 0 Å². The van der Waals surface area contributed by atoms with Crippen LogP contribution in [0, 0.1) is 0 Å². The van der Waals surface area contributed by atoms with Crippen molar-refractivity contribution in [2.24, 2.45) is 7.05 Å². The van der Waals surface area contributed by atoms with Crippen molar-refractivity contribution in [1.82, 2.24) is 14.7 Å². The number of aliphatic hydroxyl groups is 1. The van der Waals surface area contributed by atoms with Crippen LogP contribution in [0.25, 0.3) is 0 Å². The Morgan fingerprint density at radius 2 is 2.18 bits per heavy atom. The molecule has 1 saturated heterocycles. The van der Waals surface area contributed by atoms with Crippen molar-refractivity contribution in [3.8, 4) is 0 Å². The lowest BCUT2D eigenvalue weighted by atomic mass is 9.96. The van der Waals surface area contributed by atoms with E-state index in [2.05, 4.69) is 32.9 Å². The van der Waals surface area contributed by atoms with E-state index in [0.29, 0.717) is 6.42 Å². The van der Waals surface area contributed by atoms with Gasteiger partial charge in [-0.1, -0.05) is 6.92 Å². The molecule has 0 radical (unpaired) electrons. The van der Waals surface area contributed by atoms with Crippen molar-refractivity contribution >= 4 is 15.9 Å². The van der Waals surface area contributed by atoms with Crippen LogP contribution in [0.1, 0.15) is 24.7 Å². The molecule has 0 spiro atoms. The van der Waals surface area contributed by atoms with E-state index in [1.807, 2.05) is 18.8 Å². The maximum Gasteiger partial charge on any atom is 0.0841 e. The third kappa shape index (κ3) is 2.56. The van der Waals surface area contributed by atoms with Crippen LogP contribution in [0.15, 0.2) is 4.47 Å². The van der Waals surface area contributed by atoms with E-state index in [9.17, 15) is 5.11 Å². The molecule has 1 fully saturated rings. The molecule has 0 aromatic carbocycles. The van der Waals surface area contributed by atoms with E-state index in [1.165, 1.54) is 0 Å². The van der Waals surface area contributed by atoms with Crippen LogP contribution in [0.4, 0.5) is 0 Å². The number of aromatic nitrogens is 2. The van der Waals surface area contributed by atoms with Gasteiger partial charge in [0.2, 0.25) is 0 Å². The second kappa shape index (κ2) is 4.71. The van der Waals surface area contributed by atoms with Crippen molar-refractivity contribution in [3.05, 3.63) is 15.9 Å². The minimum Gasteiger partial charge on any atom is -0.388 e. The van der Waals surface area contributed by atoms with E-state index in [4.69, 9.17) is 0 Å². The standard InChI is InChI=1S/C12H20BrN3O/c1-4-9-11(13)10(16(3)14-9)7-12(17)5-6-15(2)8-12/h17H,4-8H2,1-3H3.